The predicted molar refractivity (Wildman–Crippen MR) is 91.6 cm³/mol. The van der Waals surface area contributed by atoms with Gasteiger partial charge >= 0.3 is 0 Å². The lowest BCUT2D eigenvalue weighted by Gasteiger charge is -2.31. The zero-order valence-corrected chi connectivity index (χ0v) is 15.7. The summed E-state index contributed by atoms with van der Waals surface area (Å²) < 4.78 is 43.8. The van der Waals surface area contributed by atoms with Crippen molar-refractivity contribution < 1.29 is 12.8 Å². The van der Waals surface area contributed by atoms with Crippen molar-refractivity contribution in [1.82, 2.24) is 14.5 Å². The Hall–Kier alpha value is -1.73. The first kappa shape index (κ1) is 18.6. The molecule has 1 aromatic carbocycles. The molecule has 2 rings (SSSR count). The Morgan fingerprint density at radius 1 is 1.25 bits per heavy atom. The number of hydrogen-bond acceptors (Lipinski definition) is 3. The Morgan fingerprint density at radius 3 is 2.33 bits per heavy atom. The molecule has 1 aromatic heterocycles. The van der Waals surface area contributed by atoms with Crippen LogP contribution in [-0.2, 0) is 17.1 Å². The van der Waals surface area contributed by atoms with Gasteiger partial charge in [0, 0.05) is 7.05 Å². The van der Waals surface area contributed by atoms with Crippen molar-refractivity contribution in [3.63, 3.8) is 0 Å². The summed E-state index contributed by atoms with van der Waals surface area (Å²) in [6, 6.07) is 5.44. The standard InChI is InChI=1S/C17H24FN3O2S/c1-11-15(12(2)21(6)19-11)24(22,23)20-16(17(3,4)5)13-8-7-9-14(18)10-13/h7-10,16,20H,1-6H3/t16-/m1/s1. The van der Waals surface area contributed by atoms with E-state index in [4.69, 9.17) is 0 Å². The van der Waals surface area contributed by atoms with E-state index in [-0.39, 0.29) is 4.90 Å². The fourth-order valence-corrected chi connectivity index (χ4v) is 4.66. The van der Waals surface area contributed by atoms with Gasteiger partial charge < -0.3 is 0 Å². The predicted octanol–water partition coefficient (Wildman–Crippen LogP) is 3.24. The van der Waals surface area contributed by atoms with Gasteiger partial charge in [-0.2, -0.15) is 5.10 Å². The van der Waals surface area contributed by atoms with Crippen molar-refractivity contribution in [3.05, 3.63) is 47.0 Å². The molecule has 24 heavy (non-hydrogen) atoms. The highest BCUT2D eigenvalue weighted by Crippen LogP contribution is 2.35. The molecule has 0 aliphatic heterocycles. The van der Waals surface area contributed by atoms with E-state index in [1.54, 1.807) is 33.0 Å². The van der Waals surface area contributed by atoms with Gasteiger partial charge in [0.15, 0.2) is 0 Å². The van der Waals surface area contributed by atoms with Crippen LogP contribution in [0.2, 0.25) is 0 Å². The molecule has 0 bridgehead atoms. The van der Waals surface area contributed by atoms with Crippen LogP contribution in [0.4, 0.5) is 4.39 Å². The molecule has 2 aromatic rings. The lowest BCUT2D eigenvalue weighted by atomic mass is 9.83. The van der Waals surface area contributed by atoms with Crippen LogP contribution in [0, 0.1) is 25.1 Å². The number of nitrogens with one attached hydrogen (secondary N) is 1. The number of nitrogens with zero attached hydrogens (tertiary/aromatic N) is 2. The normalized spacial score (nSPS) is 14.0. The van der Waals surface area contributed by atoms with Crippen LogP contribution in [-0.4, -0.2) is 18.2 Å². The molecule has 0 aliphatic carbocycles. The van der Waals surface area contributed by atoms with Crippen molar-refractivity contribution in [3.8, 4) is 0 Å². The highest BCUT2D eigenvalue weighted by molar-refractivity contribution is 7.89. The van der Waals surface area contributed by atoms with Crippen LogP contribution in [0.3, 0.4) is 0 Å². The first-order valence-electron chi connectivity index (χ1n) is 7.71. The molecule has 0 saturated heterocycles. The van der Waals surface area contributed by atoms with Crippen molar-refractivity contribution in [2.45, 2.75) is 45.6 Å². The Kier molecular flexibility index (Phi) is 4.88. The van der Waals surface area contributed by atoms with Gasteiger partial charge in [0.1, 0.15) is 10.7 Å². The van der Waals surface area contributed by atoms with Gasteiger partial charge in [-0.1, -0.05) is 32.9 Å². The van der Waals surface area contributed by atoms with Crippen LogP contribution >= 0.6 is 0 Å². The minimum atomic E-state index is -3.80. The molecule has 132 valence electrons. The van der Waals surface area contributed by atoms with Crippen molar-refractivity contribution >= 4 is 10.0 Å². The molecular weight excluding hydrogens is 329 g/mol. The second kappa shape index (κ2) is 6.29. The Labute approximate surface area is 142 Å². The molecule has 0 aliphatic rings. The molecule has 0 spiro atoms. The third-order valence-electron chi connectivity index (χ3n) is 4.03. The summed E-state index contributed by atoms with van der Waals surface area (Å²) in [7, 11) is -2.10. The quantitative estimate of drug-likeness (QED) is 0.918. The van der Waals surface area contributed by atoms with E-state index < -0.39 is 27.3 Å². The monoisotopic (exact) mass is 353 g/mol. The summed E-state index contributed by atoms with van der Waals surface area (Å²) in [6.45, 7) is 9.11. The molecule has 5 nitrogen and oxygen atoms in total. The number of aryl methyl sites for hydroxylation is 2. The highest BCUT2D eigenvalue weighted by Gasteiger charge is 2.33. The molecule has 0 radical (unpaired) electrons. The molecule has 0 amide bonds. The van der Waals surface area contributed by atoms with E-state index in [1.807, 2.05) is 20.8 Å². The summed E-state index contributed by atoms with van der Waals surface area (Å²) in [6.07, 6.45) is 0. The third-order valence-corrected chi connectivity index (χ3v) is 5.71. The van der Waals surface area contributed by atoms with Gasteiger partial charge in [-0.25, -0.2) is 17.5 Å². The fraction of sp³-hybridized carbons (Fsp3) is 0.471. The van der Waals surface area contributed by atoms with E-state index >= 15 is 0 Å². The largest absolute Gasteiger partial charge is 0.271 e. The summed E-state index contributed by atoms with van der Waals surface area (Å²) in [5, 5.41) is 4.17. The first-order chi connectivity index (χ1) is 10.9. The van der Waals surface area contributed by atoms with E-state index in [1.165, 1.54) is 16.8 Å². The van der Waals surface area contributed by atoms with Crippen LogP contribution in [0.15, 0.2) is 29.2 Å². The topological polar surface area (TPSA) is 64.0 Å². The van der Waals surface area contributed by atoms with Crippen molar-refractivity contribution in [2.24, 2.45) is 12.5 Å². The second-order valence-corrected chi connectivity index (χ2v) is 8.75. The van der Waals surface area contributed by atoms with Gasteiger partial charge in [0.05, 0.1) is 17.4 Å². The molecule has 0 fully saturated rings. The third kappa shape index (κ3) is 3.67. The number of hydrogen-bond donors (Lipinski definition) is 1. The van der Waals surface area contributed by atoms with Crippen molar-refractivity contribution in [1.29, 1.82) is 0 Å². The van der Waals surface area contributed by atoms with Crippen LogP contribution in [0.1, 0.15) is 43.8 Å². The SMILES string of the molecule is Cc1nn(C)c(C)c1S(=O)(=O)N[C@H](c1cccc(F)c1)C(C)(C)C. The minimum absolute atomic E-state index is 0.177. The minimum Gasteiger partial charge on any atom is -0.271 e. The molecule has 1 N–H and O–H groups in total. The summed E-state index contributed by atoms with van der Waals surface area (Å²) in [5.41, 5.74) is 1.15. The number of halogens is 1. The number of benzene rings is 1. The van der Waals surface area contributed by atoms with Gasteiger partial charge in [-0.15, -0.1) is 0 Å². The average Bonchev–Trinajstić information content (AvgIpc) is 2.69. The smallest absolute Gasteiger partial charge is 0.244 e. The lowest BCUT2D eigenvalue weighted by molar-refractivity contribution is 0.303. The van der Waals surface area contributed by atoms with Gasteiger partial charge in [-0.3, -0.25) is 4.68 Å². The molecule has 1 heterocycles. The summed E-state index contributed by atoms with van der Waals surface area (Å²) >= 11 is 0. The number of rotatable bonds is 4. The Bertz CT molecular complexity index is 851. The average molecular weight is 353 g/mol. The molecule has 1 atom stereocenters. The maximum atomic E-state index is 13.6. The van der Waals surface area contributed by atoms with E-state index in [0.29, 0.717) is 17.0 Å². The first-order valence-corrected chi connectivity index (χ1v) is 9.20. The van der Waals surface area contributed by atoms with Gasteiger partial charge in [0.25, 0.3) is 0 Å². The van der Waals surface area contributed by atoms with Crippen molar-refractivity contribution in [2.75, 3.05) is 0 Å². The summed E-state index contributed by atoms with van der Waals surface area (Å²) in [4.78, 5) is 0.177. The van der Waals surface area contributed by atoms with E-state index in [0.717, 1.165) is 0 Å². The fourth-order valence-electron chi connectivity index (χ4n) is 2.79. The molecule has 0 saturated carbocycles. The van der Waals surface area contributed by atoms with Crippen LogP contribution in [0.5, 0.6) is 0 Å². The molecular formula is C17H24FN3O2S. The zero-order chi connectivity index (χ0) is 18.3. The maximum Gasteiger partial charge on any atom is 0.244 e. The maximum absolute atomic E-state index is 13.6. The lowest BCUT2D eigenvalue weighted by Crippen LogP contribution is -2.37. The zero-order valence-electron chi connectivity index (χ0n) is 14.9. The van der Waals surface area contributed by atoms with E-state index in [9.17, 15) is 12.8 Å². The van der Waals surface area contributed by atoms with E-state index in [2.05, 4.69) is 9.82 Å². The van der Waals surface area contributed by atoms with Gasteiger partial charge in [0.2, 0.25) is 10.0 Å². The molecule has 7 heteroatoms. The molecule has 0 unspecified atom stereocenters. The van der Waals surface area contributed by atoms with Crippen LogP contribution < -0.4 is 4.72 Å². The summed E-state index contributed by atoms with van der Waals surface area (Å²) in [5.74, 6) is -0.394. The van der Waals surface area contributed by atoms with Crippen LogP contribution in [0.25, 0.3) is 0 Å². The number of aromatic nitrogens is 2. The number of sulfonamides is 1. The Morgan fingerprint density at radius 2 is 1.88 bits per heavy atom. The van der Waals surface area contributed by atoms with Gasteiger partial charge in [-0.05, 0) is 37.0 Å². The highest BCUT2D eigenvalue weighted by atomic mass is 32.2. The Balaban J connectivity index is 2.50. The second-order valence-electron chi connectivity index (χ2n) is 7.10.